The van der Waals surface area contributed by atoms with Gasteiger partial charge in [-0.15, -0.1) is 0 Å². The molecule has 6 heteroatoms. The van der Waals surface area contributed by atoms with Gasteiger partial charge in [0.05, 0.1) is 6.61 Å². The second-order valence-electron chi connectivity index (χ2n) is 5.64. The fraction of sp³-hybridized carbons (Fsp3) is 0.833. The molecule has 0 aliphatic rings. The molecule has 0 aliphatic heterocycles. The third-order valence-corrected chi connectivity index (χ3v) is 2.29. The van der Waals surface area contributed by atoms with Crippen molar-refractivity contribution in [2.75, 3.05) is 13.7 Å². The fourth-order valence-corrected chi connectivity index (χ4v) is 1.69. The van der Waals surface area contributed by atoms with Gasteiger partial charge in [0.15, 0.2) is 6.04 Å². The third-order valence-electron chi connectivity index (χ3n) is 2.29. The number of methoxy groups -OCH3 is 1. The largest absolute Gasteiger partial charge is 0.480 e. The molecule has 0 radical (unpaired) electrons. The summed E-state index contributed by atoms with van der Waals surface area (Å²) in [4.78, 5) is 22.4. The van der Waals surface area contributed by atoms with Crippen molar-refractivity contribution < 1.29 is 19.4 Å². The maximum Gasteiger partial charge on any atom is 0.328 e. The van der Waals surface area contributed by atoms with E-state index in [4.69, 9.17) is 15.6 Å². The minimum absolute atomic E-state index is 0.0401. The zero-order valence-electron chi connectivity index (χ0n) is 11.5. The number of rotatable bonds is 7. The summed E-state index contributed by atoms with van der Waals surface area (Å²) >= 11 is 0. The maximum atomic E-state index is 11.6. The molecule has 0 aromatic carbocycles. The van der Waals surface area contributed by atoms with Gasteiger partial charge in [0.1, 0.15) is 0 Å². The molecule has 4 N–H and O–H groups in total. The van der Waals surface area contributed by atoms with Gasteiger partial charge in [-0.25, -0.2) is 4.79 Å². The van der Waals surface area contributed by atoms with Gasteiger partial charge in [0.2, 0.25) is 5.91 Å². The number of carboxylic acids is 1. The van der Waals surface area contributed by atoms with E-state index < -0.39 is 12.0 Å². The molecule has 106 valence electrons. The zero-order valence-corrected chi connectivity index (χ0v) is 11.5. The highest BCUT2D eigenvalue weighted by atomic mass is 16.5. The van der Waals surface area contributed by atoms with Gasteiger partial charge in [-0.05, 0) is 11.8 Å². The van der Waals surface area contributed by atoms with Crippen LogP contribution in [-0.4, -0.2) is 42.8 Å². The van der Waals surface area contributed by atoms with Crippen LogP contribution in [-0.2, 0) is 14.3 Å². The van der Waals surface area contributed by atoms with Gasteiger partial charge in [0, 0.05) is 19.6 Å². The third kappa shape index (κ3) is 8.03. The minimum Gasteiger partial charge on any atom is -0.480 e. The number of nitrogens with two attached hydrogens (primary N) is 1. The van der Waals surface area contributed by atoms with Crippen molar-refractivity contribution in [1.82, 2.24) is 5.32 Å². The second kappa shape index (κ2) is 7.33. The van der Waals surface area contributed by atoms with Crippen LogP contribution in [0.3, 0.4) is 0 Å². The Hall–Kier alpha value is -1.14. The molecular formula is C12H24N2O4. The summed E-state index contributed by atoms with van der Waals surface area (Å²) < 4.78 is 4.72. The highest BCUT2D eigenvalue weighted by molar-refractivity contribution is 5.83. The van der Waals surface area contributed by atoms with Crippen LogP contribution in [0.25, 0.3) is 0 Å². The van der Waals surface area contributed by atoms with Crippen molar-refractivity contribution in [3.63, 3.8) is 0 Å². The first-order valence-electron chi connectivity index (χ1n) is 5.92. The van der Waals surface area contributed by atoms with Crippen LogP contribution in [0.15, 0.2) is 0 Å². The highest BCUT2D eigenvalue weighted by Crippen LogP contribution is 2.20. The molecule has 0 rings (SSSR count). The SMILES string of the molecule is COCC(NC(=O)CC(N)CC(C)(C)C)C(=O)O. The Morgan fingerprint density at radius 3 is 2.33 bits per heavy atom. The molecule has 2 unspecified atom stereocenters. The topological polar surface area (TPSA) is 102 Å². The standard InChI is InChI=1S/C12H24N2O4/c1-12(2,3)6-8(13)5-10(15)14-9(7-18-4)11(16)17/h8-9H,5-7,13H2,1-4H3,(H,14,15)(H,16,17). The first-order valence-corrected chi connectivity index (χ1v) is 5.92. The molecule has 18 heavy (non-hydrogen) atoms. The summed E-state index contributed by atoms with van der Waals surface area (Å²) in [6, 6.07) is -1.30. The molecule has 0 fully saturated rings. The lowest BCUT2D eigenvalue weighted by atomic mass is 9.87. The number of amides is 1. The van der Waals surface area contributed by atoms with E-state index in [1.165, 1.54) is 7.11 Å². The quantitative estimate of drug-likeness (QED) is 0.613. The van der Waals surface area contributed by atoms with Gasteiger partial charge in [-0.1, -0.05) is 20.8 Å². The Bertz CT molecular complexity index is 286. The van der Waals surface area contributed by atoms with Crippen LogP contribution < -0.4 is 11.1 Å². The van der Waals surface area contributed by atoms with Gasteiger partial charge in [0.25, 0.3) is 0 Å². The Labute approximate surface area is 108 Å². The molecule has 0 saturated heterocycles. The van der Waals surface area contributed by atoms with Crippen molar-refractivity contribution in [1.29, 1.82) is 0 Å². The van der Waals surface area contributed by atoms with Crippen molar-refractivity contribution in [2.45, 2.75) is 45.7 Å². The Morgan fingerprint density at radius 1 is 1.39 bits per heavy atom. The number of hydrogen-bond donors (Lipinski definition) is 3. The van der Waals surface area contributed by atoms with E-state index in [2.05, 4.69) is 5.32 Å². The lowest BCUT2D eigenvalue weighted by Crippen LogP contribution is -2.45. The smallest absolute Gasteiger partial charge is 0.328 e. The molecule has 0 spiro atoms. The van der Waals surface area contributed by atoms with Crippen LogP contribution >= 0.6 is 0 Å². The summed E-state index contributed by atoms with van der Waals surface area (Å²) in [5.74, 6) is -1.48. The van der Waals surface area contributed by atoms with Crippen LogP contribution in [0.1, 0.15) is 33.6 Å². The van der Waals surface area contributed by atoms with E-state index in [1.807, 2.05) is 20.8 Å². The van der Waals surface area contributed by atoms with Crippen LogP contribution in [0.4, 0.5) is 0 Å². The van der Waals surface area contributed by atoms with Crippen LogP contribution in [0, 0.1) is 5.41 Å². The monoisotopic (exact) mass is 260 g/mol. The summed E-state index contributed by atoms with van der Waals surface area (Å²) in [5, 5.41) is 11.2. The Balaban J connectivity index is 4.20. The van der Waals surface area contributed by atoms with Gasteiger partial charge < -0.3 is 20.9 Å². The molecule has 0 aromatic rings. The molecule has 0 aliphatic carbocycles. The second-order valence-corrected chi connectivity index (χ2v) is 5.64. The maximum absolute atomic E-state index is 11.6. The molecular weight excluding hydrogens is 236 g/mol. The molecule has 1 amide bonds. The zero-order chi connectivity index (χ0) is 14.3. The summed E-state index contributed by atoms with van der Waals surface area (Å²) in [6.45, 7) is 6.05. The van der Waals surface area contributed by atoms with E-state index in [-0.39, 0.29) is 30.4 Å². The Kier molecular flexibility index (Phi) is 6.86. The van der Waals surface area contributed by atoms with E-state index >= 15 is 0 Å². The number of carbonyl (C=O) groups is 2. The Morgan fingerprint density at radius 2 is 1.94 bits per heavy atom. The average Bonchev–Trinajstić information content (AvgIpc) is 2.13. The van der Waals surface area contributed by atoms with E-state index in [9.17, 15) is 9.59 Å². The molecule has 0 bridgehead atoms. The number of hydrogen-bond acceptors (Lipinski definition) is 4. The van der Waals surface area contributed by atoms with E-state index in [0.717, 1.165) is 0 Å². The fourth-order valence-electron chi connectivity index (χ4n) is 1.69. The normalized spacial score (nSPS) is 14.9. The van der Waals surface area contributed by atoms with E-state index in [1.54, 1.807) is 0 Å². The number of carboxylic acid groups (broad SMARTS) is 1. The van der Waals surface area contributed by atoms with E-state index in [0.29, 0.717) is 6.42 Å². The van der Waals surface area contributed by atoms with Crippen LogP contribution in [0.2, 0.25) is 0 Å². The van der Waals surface area contributed by atoms with Gasteiger partial charge in [-0.3, -0.25) is 4.79 Å². The molecule has 0 saturated carbocycles. The number of ether oxygens (including phenoxy) is 1. The van der Waals surface area contributed by atoms with Crippen molar-refractivity contribution in [2.24, 2.45) is 11.1 Å². The summed E-state index contributed by atoms with van der Waals surface area (Å²) in [6.07, 6.45) is 0.813. The highest BCUT2D eigenvalue weighted by Gasteiger charge is 2.22. The first kappa shape index (κ1) is 16.9. The minimum atomic E-state index is -1.12. The van der Waals surface area contributed by atoms with Crippen molar-refractivity contribution in [3.8, 4) is 0 Å². The first-order chi connectivity index (χ1) is 8.15. The summed E-state index contributed by atoms with van der Waals surface area (Å²) in [7, 11) is 1.38. The summed E-state index contributed by atoms with van der Waals surface area (Å²) in [5.41, 5.74) is 5.89. The molecule has 0 aromatic heterocycles. The number of nitrogens with one attached hydrogen (secondary N) is 1. The molecule has 0 heterocycles. The lowest BCUT2D eigenvalue weighted by molar-refractivity contribution is -0.143. The predicted molar refractivity (Wildman–Crippen MR) is 68.1 cm³/mol. The van der Waals surface area contributed by atoms with Crippen molar-refractivity contribution in [3.05, 3.63) is 0 Å². The number of carbonyl (C=O) groups excluding carboxylic acids is 1. The van der Waals surface area contributed by atoms with Gasteiger partial charge in [-0.2, -0.15) is 0 Å². The molecule has 2 atom stereocenters. The van der Waals surface area contributed by atoms with Crippen LogP contribution in [0.5, 0.6) is 0 Å². The number of aliphatic carboxylic acids is 1. The molecule has 6 nitrogen and oxygen atoms in total. The average molecular weight is 260 g/mol. The lowest BCUT2D eigenvalue weighted by Gasteiger charge is -2.23. The van der Waals surface area contributed by atoms with Gasteiger partial charge >= 0.3 is 5.97 Å². The predicted octanol–water partition coefficient (Wildman–Crippen LogP) is 0.356. The van der Waals surface area contributed by atoms with Crippen molar-refractivity contribution >= 4 is 11.9 Å².